The van der Waals surface area contributed by atoms with Crippen LogP contribution in [0.5, 0.6) is 5.75 Å². The molecule has 0 bridgehead atoms. The first-order valence-electron chi connectivity index (χ1n) is 9.40. The molecule has 2 atom stereocenters. The van der Waals surface area contributed by atoms with Crippen LogP contribution in [-0.2, 0) is 4.74 Å². The topological polar surface area (TPSA) is 42.0 Å². The minimum absolute atomic E-state index is 0.0251. The van der Waals surface area contributed by atoms with E-state index in [9.17, 15) is 9.18 Å². The van der Waals surface area contributed by atoms with Crippen molar-refractivity contribution in [3.05, 3.63) is 62.8 Å². The monoisotopic (exact) mass is 482 g/mol. The lowest BCUT2D eigenvalue weighted by atomic mass is 10.0. The van der Waals surface area contributed by atoms with Gasteiger partial charge in [-0.3, -0.25) is 9.69 Å². The number of benzene rings is 2. The van der Waals surface area contributed by atoms with Gasteiger partial charge in [-0.15, -0.1) is 0 Å². The van der Waals surface area contributed by atoms with Crippen LogP contribution in [0.15, 0.2) is 40.9 Å². The zero-order valence-corrected chi connectivity index (χ0v) is 18.2. The molecule has 2 aromatic rings. The third-order valence-corrected chi connectivity index (χ3v) is 6.62. The van der Waals surface area contributed by atoms with Gasteiger partial charge in [-0.2, -0.15) is 0 Å². The molecule has 0 spiro atoms. The number of carbonyl (C=O) groups excluding carboxylic acids is 1. The van der Waals surface area contributed by atoms with Crippen molar-refractivity contribution in [1.82, 2.24) is 9.80 Å². The van der Waals surface area contributed by atoms with Gasteiger partial charge < -0.3 is 14.4 Å². The van der Waals surface area contributed by atoms with Crippen molar-refractivity contribution < 1.29 is 18.7 Å². The molecule has 154 valence electrons. The quantitative estimate of drug-likeness (QED) is 0.658. The highest BCUT2D eigenvalue weighted by Crippen LogP contribution is 2.32. The number of ether oxygens (including phenoxy) is 2. The minimum Gasteiger partial charge on any atom is -0.496 e. The molecule has 2 heterocycles. The third kappa shape index (κ3) is 4.14. The highest BCUT2D eigenvalue weighted by Gasteiger charge is 2.36. The Morgan fingerprint density at radius 1 is 1.28 bits per heavy atom. The van der Waals surface area contributed by atoms with Gasteiger partial charge in [0.05, 0.1) is 40.9 Å². The number of halogens is 3. The Bertz CT molecular complexity index is 929. The van der Waals surface area contributed by atoms with Crippen LogP contribution in [0.25, 0.3) is 0 Å². The number of nitrogens with zero attached hydrogens (tertiary/aromatic N) is 2. The van der Waals surface area contributed by atoms with E-state index in [0.29, 0.717) is 42.0 Å². The SMILES string of the molecule is COc1cccc(C(=O)N2CCN3C[C@@H](c4ccc(F)c(Cl)c4)OC[C@@H]3C2)c1Br. The van der Waals surface area contributed by atoms with Gasteiger partial charge in [-0.25, -0.2) is 4.39 Å². The molecule has 2 aliphatic heterocycles. The van der Waals surface area contributed by atoms with E-state index >= 15 is 0 Å². The Balaban J connectivity index is 1.43. The van der Waals surface area contributed by atoms with Crippen LogP contribution in [0.3, 0.4) is 0 Å². The molecule has 8 heteroatoms. The van der Waals surface area contributed by atoms with Crippen molar-refractivity contribution in [2.45, 2.75) is 12.1 Å². The van der Waals surface area contributed by atoms with Crippen LogP contribution in [0, 0.1) is 5.82 Å². The van der Waals surface area contributed by atoms with Gasteiger partial charge >= 0.3 is 0 Å². The summed E-state index contributed by atoms with van der Waals surface area (Å²) < 4.78 is 25.4. The predicted octanol–water partition coefficient (Wildman–Crippen LogP) is 4.15. The second kappa shape index (κ2) is 8.60. The molecule has 2 aliphatic rings. The van der Waals surface area contributed by atoms with Gasteiger partial charge in [0.1, 0.15) is 11.6 Å². The van der Waals surface area contributed by atoms with Crippen LogP contribution in [0.4, 0.5) is 4.39 Å². The van der Waals surface area contributed by atoms with Gasteiger partial charge in [0.25, 0.3) is 5.91 Å². The van der Waals surface area contributed by atoms with Crippen molar-refractivity contribution in [2.75, 3.05) is 39.9 Å². The lowest BCUT2D eigenvalue weighted by Crippen LogP contribution is -2.59. The fourth-order valence-electron chi connectivity index (χ4n) is 3.89. The minimum atomic E-state index is -0.431. The van der Waals surface area contributed by atoms with Crippen molar-refractivity contribution in [1.29, 1.82) is 0 Å². The number of amides is 1. The molecule has 0 saturated carbocycles. The van der Waals surface area contributed by atoms with Crippen LogP contribution in [0.2, 0.25) is 5.02 Å². The van der Waals surface area contributed by atoms with E-state index < -0.39 is 5.82 Å². The molecule has 2 aromatic carbocycles. The van der Waals surface area contributed by atoms with E-state index in [-0.39, 0.29) is 23.1 Å². The average molecular weight is 484 g/mol. The summed E-state index contributed by atoms with van der Waals surface area (Å²) in [5, 5.41) is 0.104. The molecule has 1 amide bonds. The van der Waals surface area contributed by atoms with Gasteiger partial charge in [0.15, 0.2) is 0 Å². The molecular formula is C21H21BrClFN2O3. The molecule has 0 aromatic heterocycles. The second-order valence-corrected chi connectivity index (χ2v) is 8.42. The second-order valence-electron chi connectivity index (χ2n) is 7.22. The lowest BCUT2D eigenvalue weighted by Gasteiger charge is -2.46. The van der Waals surface area contributed by atoms with Crippen LogP contribution in [0.1, 0.15) is 22.0 Å². The summed E-state index contributed by atoms with van der Waals surface area (Å²) in [5.74, 6) is 0.180. The largest absolute Gasteiger partial charge is 0.496 e. The summed E-state index contributed by atoms with van der Waals surface area (Å²) in [5.41, 5.74) is 1.46. The molecular weight excluding hydrogens is 463 g/mol. The maximum absolute atomic E-state index is 13.4. The number of piperazine rings is 1. The highest BCUT2D eigenvalue weighted by molar-refractivity contribution is 9.10. The van der Waals surface area contributed by atoms with E-state index in [1.54, 1.807) is 25.3 Å². The summed E-state index contributed by atoms with van der Waals surface area (Å²) in [6.45, 7) is 3.18. The first-order chi connectivity index (χ1) is 14.0. The fraction of sp³-hybridized carbons (Fsp3) is 0.381. The fourth-order valence-corrected chi connectivity index (χ4v) is 4.67. The molecule has 4 rings (SSSR count). The summed E-state index contributed by atoms with van der Waals surface area (Å²) in [6, 6.07) is 10.3. The van der Waals surface area contributed by atoms with Crippen molar-refractivity contribution >= 4 is 33.4 Å². The molecule has 5 nitrogen and oxygen atoms in total. The van der Waals surface area contributed by atoms with Crippen molar-refractivity contribution in [2.24, 2.45) is 0 Å². The zero-order chi connectivity index (χ0) is 20.5. The normalized spacial score (nSPS) is 22.3. The first-order valence-corrected chi connectivity index (χ1v) is 10.6. The van der Waals surface area contributed by atoms with Gasteiger partial charge in [0.2, 0.25) is 0 Å². The van der Waals surface area contributed by atoms with E-state index in [4.69, 9.17) is 21.1 Å². The number of carbonyl (C=O) groups is 1. The van der Waals surface area contributed by atoms with Crippen molar-refractivity contribution in [3.8, 4) is 5.75 Å². The van der Waals surface area contributed by atoms with Gasteiger partial charge in [0, 0.05) is 26.2 Å². The third-order valence-electron chi connectivity index (χ3n) is 5.51. The van der Waals surface area contributed by atoms with Gasteiger partial charge in [-0.1, -0.05) is 23.7 Å². The summed E-state index contributed by atoms with van der Waals surface area (Å²) >= 11 is 9.39. The highest BCUT2D eigenvalue weighted by atomic mass is 79.9. The number of fused-ring (bicyclic) bond motifs is 1. The van der Waals surface area contributed by atoms with Gasteiger partial charge in [-0.05, 0) is 45.8 Å². The average Bonchev–Trinajstić information content (AvgIpc) is 2.74. The number of hydrogen-bond acceptors (Lipinski definition) is 4. The smallest absolute Gasteiger partial charge is 0.255 e. The predicted molar refractivity (Wildman–Crippen MR) is 112 cm³/mol. The van der Waals surface area contributed by atoms with Crippen molar-refractivity contribution in [3.63, 3.8) is 0 Å². The Morgan fingerprint density at radius 3 is 2.86 bits per heavy atom. The Morgan fingerprint density at radius 2 is 2.10 bits per heavy atom. The molecule has 29 heavy (non-hydrogen) atoms. The number of rotatable bonds is 3. The maximum atomic E-state index is 13.4. The van der Waals surface area contributed by atoms with E-state index in [1.807, 2.05) is 17.0 Å². The van der Waals surface area contributed by atoms with E-state index in [1.165, 1.54) is 6.07 Å². The van der Waals surface area contributed by atoms with E-state index in [0.717, 1.165) is 12.1 Å². The molecule has 0 radical (unpaired) electrons. The van der Waals surface area contributed by atoms with E-state index in [2.05, 4.69) is 20.8 Å². The number of hydrogen-bond donors (Lipinski definition) is 0. The number of morpholine rings is 1. The Kier molecular flexibility index (Phi) is 6.11. The molecule has 2 saturated heterocycles. The molecule has 0 N–H and O–H groups in total. The Hall–Kier alpha value is -1.67. The summed E-state index contributed by atoms with van der Waals surface area (Å²) in [4.78, 5) is 17.2. The lowest BCUT2D eigenvalue weighted by molar-refractivity contribution is -0.0858. The number of methoxy groups -OCH3 is 1. The molecule has 2 fully saturated rings. The summed E-state index contributed by atoms with van der Waals surface area (Å²) in [6.07, 6.45) is -0.154. The zero-order valence-electron chi connectivity index (χ0n) is 15.9. The standard InChI is InChI=1S/C21H21BrClFN2O3/c1-28-18-4-2-3-15(20(18)22)21(27)26-8-7-25-11-19(29-12-14(25)10-26)13-5-6-17(24)16(23)9-13/h2-6,9,14,19H,7-8,10-12H2,1H3/t14-,19-/m0/s1. The Labute approximate surface area is 182 Å². The molecule has 0 aliphatic carbocycles. The molecule has 0 unspecified atom stereocenters. The maximum Gasteiger partial charge on any atom is 0.255 e. The van der Waals surface area contributed by atoms with Crippen LogP contribution in [-0.4, -0.2) is 61.6 Å². The first kappa shape index (κ1) is 20.6. The summed E-state index contributed by atoms with van der Waals surface area (Å²) in [7, 11) is 1.58. The van der Waals surface area contributed by atoms with Crippen LogP contribution >= 0.6 is 27.5 Å². The van der Waals surface area contributed by atoms with Crippen LogP contribution < -0.4 is 4.74 Å².